The lowest BCUT2D eigenvalue weighted by Gasteiger charge is -2.18. The molecule has 0 saturated carbocycles. The van der Waals surface area contributed by atoms with Gasteiger partial charge < -0.3 is 14.4 Å². The van der Waals surface area contributed by atoms with Crippen molar-refractivity contribution in [1.82, 2.24) is 10.3 Å². The fraction of sp³-hybridized carbons (Fsp3) is 0.419. The highest BCUT2D eigenvalue weighted by Crippen LogP contribution is 2.49. The van der Waals surface area contributed by atoms with Crippen molar-refractivity contribution >= 4 is 13.5 Å². The maximum Gasteiger partial charge on any atom is 0.330 e. The van der Waals surface area contributed by atoms with Crippen molar-refractivity contribution in [3.63, 3.8) is 0 Å². The molecule has 1 aliphatic carbocycles. The van der Waals surface area contributed by atoms with Crippen LogP contribution in [0.3, 0.4) is 0 Å². The van der Waals surface area contributed by atoms with Crippen molar-refractivity contribution in [2.75, 3.05) is 19.4 Å². The number of hydrogen-bond donors (Lipinski definition) is 1. The number of amides is 1. The Balaban J connectivity index is 1.44. The standard InChI is InChI=1S/C31H39N2O4P/c1-3-5-19-36-38(35,37-20-6-4-2)21-11-12-24-16-17-28-29(22-24)26-14-7-8-15-27(26)30(28)31(34)33-23-25-13-9-10-18-32-25/h7-10,13-18,22,30H,3-6,11-12,19-21,23H2,1-2H3,(H,33,34). The summed E-state index contributed by atoms with van der Waals surface area (Å²) in [5, 5.41) is 3.07. The zero-order valence-electron chi connectivity index (χ0n) is 22.5. The third-order valence-corrected chi connectivity index (χ3v) is 8.91. The van der Waals surface area contributed by atoms with E-state index in [1.165, 1.54) is 0 Å². The predicted octanol–water partition coefficient (Wildman–Crippen LogP) is 7.27. The van der Waals surface area contributed by atoms with Gasteiger partial charge in [0.05, 0.1) is 37.5 Å². The van der Waals surface area contributed by atoms with Gasteiger partial charge in [-0.25, -0.2) is 0 Å². The Morgan fingerprint density at radius 2 is 1.61 bits per heavy atom. The molecule has 1 N–H and O–H groups in total. The van der Waals surface area contributed by atoms with Crippen LogP contribution in [0.4, 0.5) is 0 Å². The Morgan fingerprint density at radius 1 is 0.895 bits per heavy atom. The zero-order chi connectivity index (χ0) is 26.8. The molecule has 1 aromatic heterocycles. The monoisotopic (exact) mass is 534 g/mol. The molecule has 3 aromatic rings. The number of rotatable bonds is 15. The molecule has 1 unspecified atom stereocenters. The van der Waals surface area contributed by atoms with Gasteiger partial charge in [-0.15, -0.1) is 0 Å². The molecule has 4 rings (SSSR count). The number of nitrogens with one attached hydrogen (secondary N) is 1. The molecule has 7 heteroatoms. The Hall–Kier alpha value is -2.79. The van der Waals surface area contributed by atoms with Crippen molar-refractivity contribution in [3.05, 3.63) is 89.2 Å². The molecule has 1 aliphatic rings. The third-order valence-electron chi connectivity index (χ3n) is 6.89. The summed E-state index contributed by atoms with van der Waals surface area (Å²) in [7, 11) is -3.10. The lowest BCUT2D eigenvalue weighted by atomic mass is 9.95. The Morgan fingerprint density at radius 3 is 2.32 bits per heavy atom. The molecule has 0 aliphatic heterocycles. The second kappa shape index (κ2) is 13.8. The number of pyridine rings is 1. The minimum Gasteiger partial charge on any atom is -0.350 e. The smallest absolute Gasteiger partial charge is 0.330 e. The lowest BCUT2D eigenvalue weighted by molar-refractivity contribution is -0.121. The number of aryl methyl sites for hydroxylation is 1. The molecule has 6 nitrogen and oxygen atoms in total. The van der Waals surface area contributed by atoms with Crippen LogP contribution in [0, 0.1) is 0 Å². The minimum absolute atomic E-state index is 0.0241. The van der Waals surface area contributed by atoms with Crippen LogP contribution >= 0.6 is 7.60 Å². The van der Waals surface area contributed by atoms with E-state index < -0.39 is 7.60 Å². The van der Waals surface area contributed by atoms with E-state index in [1.807, 2.05) is 36.4 Å². The van der Waals surface area contributed by atoms with E-state index in [1.54, 1.807) is 6.20 Å². The van der Waals surface area contributed by atoms with Gasteiger partial charge in [-0.05, 0) is 65.6 Å². The average molecular weight is 535 g/mol. The van der Waals surface area contributed by atoms with Gasteiger partial charge in [0.25, 0.3) is 0 Å². The molecule has 1 amide bonds. The molecular weight excluding hydrogens is 495 g/mol. The van der Waals surface area contributed by atoms with Crippen molar-refractivity contribution < 1.29 is 18.4 Å². The van der Waals surface area contributed by atoms with E-state index in [0.29, 0.717) is 32.3 Å². The van der Waals surface area contributed by atoms with Gasteiger partial charge in [0.1, 0.15) is 0 Å². The topological polar surface area (TPSA) is 77.5 Å². The van der Waals surface area contributed by atoms with Gasteiger partial charge in [-0.1, -0.05) is 75.2 Å². The highest BCUT2D eigenvalue weighted by atomic mass is 31.2. The van der Waals surface area contributed by atoms with Crippen LogP contribution in [0.5, 0.6) is 0 Å². The summed E-state index contributed by atoms with van der Waals surface area (Å²) in [6.07, 6.45) is 7.36. The lowest BCUT2D eigenvalue weighted by Crippen LogP contribution is -2.29. The first kappa shape index (κ1) is 28.2. The van der Waals surface area contributed by atoms with Crippen LogP contribution in [-0.4, -0.2) is 30.3 Å². The van der Waals surface area contributed by atoms with Gasteiger partial charge in [-0.2, -0.15) is 0 Å². The summed E-state index contributed by atoms with van der Waals surface area (Å²) in [6.45, 7) is 5.52. The number of fused-ring (bicyclic) bond motifs is 3. The van der Waals surface area contributed by atoms with Gasteiger partial charge in [0, 0.05) is 6.20 Å². The third kappa shape index (κ3) is 7.19. The summed E-state index contributed by atoms with van der Waals surface area (Å²) in [5.74, 6) is -0.373. The Kier molecular flexibility index (Phi) is 10.3. The van der Waals surface area contributed by atoms with E-state index in [0.717, 1.165) is 65.6 Å². The quantitative estimate of drug-likeness (QED) is 0.164. The maximum absolute atomic E-state index is 13.3. The van der Waals surface area contributed by atoms with Crippen LogP contribution in [0.1, 0.15) is 74.3 Å². The summed E-state index contributed by atoms with van der Waals surface area (Å²) < 4.78 is 24.8. The van der Waals surface area contributed by atoms with Crippen molar-refractivity contribution in [3.8, 4) is 11.1 Å². The highest BCUT2D eigenvalue weighted by Gasteiger charge is 2.33. The number of nitrogens with zero attached hydrogens (tertiary/aromatic N) is 1. The molecule has 0 fully saturated rings. The largest absolute Gasteiger partial charge is 0.350 e. The van der Waals surface area contributed by atoms with E-state index in [9.17, 15) is 9.36 Å². The van der Waals surface area contributed by atoms with E-state index in [2.05, 4.69) is 48.4 Å². The van der Waals surface area contributed by atoms with E-state index in [-0.39, 0.29) is 11.8 Å². The fourth-order valence-corrected chi connectivity index (χ4v) is 6.50. The minimum atomic E-state index is -3.10. The first-order chi connectivity index (χ1) is 18.5. The van der Waals surface area contributed by atoms with E-state index in [4.69, 9.17) is 9.05 Å². The number of benzene rings is 2. The van der Waals surface area contributed by atoms with Crippen LogP contribution in [-0.2, 0) is 31.4 Å². The summed E-state index contributed by atoms with van der Waals surface area (Å²) >= 11 is 0. The highest BCUT2D eigenvalue weighted by molar-refractivity contribution is 7.53. The first-order valence-corrected chi connectivity index (χ1v) is 15.6. The number of carbonyl (C=O) groups excluding carboxylic acids is 1. The summed E-state index contributed by atoms with van der Waals surface area (Å²) in [5.41, 5.74) is 6.22. The molecule has 0 saturated heterocycles. The van der Waals surface area contributed by atoms with Crippen molar-refractivity contribution in [2.45, 2.75) is 64.8 Å². The van der Waals surface area contributed by atoms with Crippen LogP contribution in [0.25, 0.3) is 11.1 Å². The molecular formula is C31H39N2O4P. The van der Waals surface area contributed by atoms with Crippen LogP contribution in [0.2, 0.25) is 0 Å². The molecule has 202 valence electrons. The van der Waals surface area contributed by atoms with Crippen LogP contribution in [0.15, 0.2) is 66.9 Å². The van der Waals surface area contributed by atoms with E-state index >= 15 is 0 Å². The number of hydrogen-bond acceptors (Lipinski definition) is 5. The summed E-state index contributed by atoms with van der Waals surface area (Å²) in [6, 6.07) is 20.2. The Bertz CT molecular complexity index is 1230. The second-order valence-electron chi connectivity index (χ2n) is 9.79. The maximum atomic E-state index is 13.3. The zero-order valence-corrected chi connectivity index (χ0v) is 23.4. The normalized spacial score (nSPS) is 14.2. The molecule has 0 spiro atoms. The number of unbranched alkanes of at least 4 members (excludes halogenated alkanes) is 2. The number of carbonyl (C=O) groups is 1. The molecule has 0 bridgehead atoms. The Labute approximate surface area is 226 Å². The van der Waals surface area contributed by atoms with Crippen molar-refractivity contribution in [1.29, 1.82) is 0 Å². The van der Waals surface area contributed by atoms with Gasteiger partial charge in [0.15, 0.2) is 0 Å². The van der Waals surface area contributed by atoms with Crippen molar-refractivity contribution in [2.24, 2.45) is 0 Å². The molecule has 38 heavy (non-hydrogen) atoms. The van der Waals surface area contributed by atoms with Gasteiger partial charge in [0.2, 0.25) is 5.91 Å². The average Bonchev–Trinajstić information content (AvgIpc) is 3.26. The second-order valence-corrected chi connectivity index (χ2v) is 12.0. The molecule has 0 radical (unpaired) electrons. The molecule has 1 atom stereocenters. The van der Waals surface area contributed by atoms with Gasteiger partial charge in [-0.3, -0.25) is 14.3 Å². The summed E-state index contributed by atoms with van der Waals surface area (Å²) in [4.78, 5) is 17.6. The van der Waals surface area contributed by atoms with Crippen LogP contribution < -0.4 is 5.32 Å². The van der Waals surface area contributed by atoms with Gasteiger partial charge >= 0.3 is 7.60 Å². The molecule has 2 aromatic carbocycles. The predicted molar refractivity (Wildman–Crippen MR) is 152 cm³/mol. The first-order valence-electron chi connectivity index (χ1n) is 13.8. The fourth-order valence-electron chi connectivity index (χ4n) is 4.81. The SMILES string of the molecule is CCCCOP(=O)(CCCc1ccc2c(c1)-c1ccccc1C2C(=O)NCc1ccccn1)OCCCC. The number of aromatic nitrogens is 1. The molecule has 1 heterocycles.